The molecule has 7 nitrogen and oxygen atoms in total. The van der Waals surface area contributed by atoms with Crippen LogP contribution in [-0.2, 0) is 0 Å². The summed E-state index contributed by atoms with van der Waals surface area (Å²) in [6, 6.07) is 3.63. The van der Waals surface area contributed by atoms with Gasteiger partial charge < -0.3 is 4.57 Å². The molecule has 0 bridgehead atoms. The maximum absolute atomic E-state index is 12.2. The number of aromatic nitrogens is 4. The predicted octanol–water partition coefficient (Wildman–Crippen LogP) is 0.753. The van der Waals surface area contributed by atoms with E-state index in [0.717, 1.165) is 0 Å². The number of hydrogen-bond donors (Lipinski definition) is 0. The normalized spacial score (nSPS) is 10.2. The lowest BCUT2D eigenvalue weighted by molar-refractivity contribution is 0.570. The molecule has 0 unspecified atom stereocenters. The van der Waals surface area contributed by atoms with E-state index in [-0.39, 0.29) is 28.8 Å². The highest BCUT2D eigenvalue weighted by Gasteiger charge is 2.16. The minimum atomic E-state index is -0.337. The van der Waals surface area contributed by atoms with Gasteiger partial charge in [-0.05, 0) is 13.8 Å². The first-order valence-electron chi connectivity index (χ1n) is 5.55. The first-order chi connectivity index (χ1) is 9.10. The van der Waals surface area contributed by atoms with E-state index in [2.05, 4.69) is 9.97 Å². The third-order valence-corrected chi connectivity index (χ3v) is 2.61. The predicted molar refractivity (Wildman–Crippen MR) is 65.4 cm³/mol. The Labute approximate surface area is 109 Å². The molecule has 94 valence electrons. The molecule has 0 spiro atoms. The molecule has 2 aromatic heterocycles. The van der Waals surface area contributed by atoms with E-state index in [9.17, 15) is 4.79 Å². The zero-order valence-electron chi connectivity index (χ0n) is 10.4. The lowest BCUT2D eigenvalue weighted by atomic mass is 10.3. The number of nitriles is 2. The van der Waals surface area contributed by atoms with Gasteiger partial charge in [-0.3, -0.25) is 9.36 Å². The van der Waals surface area contributed by atoms with E-state index >= 15 is 0 Å². The molecule has 0 aromatic carbocycles. The monoisotopic (exact) mass is 254 g/mol. The van der Waals surface area contributed by atoms with Crippen LogP contribution in [0.2, 0.25) is 0 Å². The Balaban J connectivity index is 2.72. The SMILES string of the molecule is CC(C)n1ccnc(-n2cnc(C#N)c2C#N)c1=O. The Hall–Kier alpha value is -2.93. The van der Waals surface area contributed by atoms with Gasteiger partial charge >= 0.3 is 0 Å². The van der Waals surface area contributed by atoms with E-state index in [1.54, 1.807) is 12.3 Å². The maximum atomic E-state index is 12.2. The maximum Gasteiger partial charge on any atom is 0.294 e. The van der Waals surface area contributed by atoms with Crippen molar-refractivity contribution in [2.24, 2.45) is 0 Å². The zero-order valence-corrected chi connectivity index (χ0v) is 10.4. The second-order valence-electron chi connectivity index (χ2n) is 4.09. The van der Waals surface area contributed by atoms with E-state index in [0.29, 0.717) is 0 Å². The fraction of sp³-hybridized carbons (Fsp3) is 0.250. The molecule has 0 radical (unpaired) electrons. The first-order valence-corrected chi connectivity index (χ1v) is 5.55. The molecule has 2 aromatic rings. The number of imidazole rings is 1. The van der Waals surface area contributed by atoms with Gasteiger partial charge in [0, 0.05) is 18.4 Å². The van der Waals surface area contributed by atoms with Crippen LogP contribution in [0.3, 0.4) is 0 Å². The van der Waals surface area contributed by atoms with Crippen LogP contribution < -0.4 is 5.56 Å². The van der Waals surface area contributed by atoms with E-state index < -0.39 is 0 Å². The Morgan fingerprint density at radius 3 is 2.58 bits per heavy atom. The van der Waals surface area contributed by atoms with Crippen molar-refractivity contribution in [3.05, 3.63) is 40.5 Å². The van der Waals surface area contributed by atoms with Gasteiger partial charge in [0.15, 0.2) is 11.4 Å². The Morgan fingerprint density at radius 2 is 2.00 bits per heavy atom. The Kier molecular flexibility index (Phi) is 3.13. The van der Waals surface area contributed by atoms with Crippen molar-refractivity contribution in [1.29, 1.82) is 10.5 Å². The summed E-state index contributed by atoms with van der Waals surface area (Å²) in [6.45, 7) is 3.73. The molecule has 0 amide bonds. The minimum Gasteiger partial charge on any atom is -0.308 e. The lowest BCUT2D eigenvalue weighted by Crippen LogP contribution is -2.26. The van der Waals surface area contributed by atoms with Crippen molar-refractivity contribution in [1.82, 2.24) is 19.1 Å². The van der Waals surface area contributed by atoms with Crippen LogP contribution in [0.1, 0.15) is 31.3 Å². The third-order valence-electron chi connectivity index (χ3n) is 2.61. The average Bonchev–Trinajstić information content (AvgIpc) is 2.81. The molecule has 0 fully saturated rings. The molecule has 0 aliphatic heterocycles. The fourth-order valence-electron chi connectivity index (χ4n) is 1.68. The molecule has 0 aliphatic carbocycles. The molecule has 2 rings (SSSR count). The van der Waals surface area contributed by atoms with Gasteiger partial charge in [-0.15, -0.1) is 0 Å². The van der Waals surface area contributed by atoms with Gasteiger partial charge in [0.1, 0.15) is 18.5 Å². The van der Waals surface area contributed by atoms with Crippen LogP contribution in [0.25, 0.3) is 5.82 Å². The number of hydrogen-bond acceptors (Lipinski definition) is 5. The van der Waals surface area contributed by atoms with Crippen molar-refractivity contribution < 1.29 is 0 Å². The van der Waals surface area contributed by atoms with Crippen LogP contribution in [0.15, 0.2) is 23.5 Å². The summed E-state index contributed by atoms with van der Waals surface area (Å²) < 4.78 is 2.73. The lowest BCUT2D eigenvalue weighted by Gasteiger charge is -2.10. The number of rotatable bonds is 2. The van der Waals surface area contributed by atoms with Gasteiger partial charge in [0.25, 0.3) is 5.56 Å². The molecule has 0 saturated heterocycles. The average molecular weight is 254 g/mol. The fourth-order valence-corrected chi connectivity index (χ4v) is 1.68. The highest BCUT2D eigenvalue weighted by molar-refractivity contribution is 5.40. The second kappa shape index (κ2) is 4.75. The summed E-state index contributed by atoms with van der Waals surface area (Å²) in [4.78, 5) is 20.0. The van der Waals surface area contributed by atoms with Gasteiger partial charge in [-0.25, -0.2) is 9.97 Å². The van der Waals surface area contributed by atoms with E-state index in [4.69, 9.17) is 10.5 Å². The summed E-state index contributed by atoms with van der Waals surface area (Å²) in [6.07, 6.45) is 4.31. The van der Waals surface area contributed by atoms with Crippen molar-refractivity contribution in [3.63, 3.8) is 0 Å². The molecular formula is C12H10N6O. The number of nitrogens with zero attached hydrogens (tertiary/aromatic N) is 6. The van der Waals surface area contributed by atoms with Gasteiger partial charge in [-0.1, -0.05) is 0 Å². The van der Waals surface area contributed by atoms with Crippen molar-refractivity contribution in [2.45, 2.75) is 19.9 Å². The zero-order chi connectivity index (χ0) is 14.0. The molecule has 0 aliphatic rings. The summed E-state index contributed by atoms with van der Waals surface area (Å²) >= 11 is 0. The Bertz CT molecular complexity index is 756. The summed E-state index contributed by atoms with van der Waals surface area (Å²) in [5.74, 6) is 0.0572. The quantitative estimate of drug-likeness (QED) is 0.787. The first kappa shape index (κ1) is 12.5. The van der Waals surface area contributed by atoms with Crippen LogP contribution >= 0.6 is 0 Å². The standard InChI is InChI=1S/C12H10N6O/c1-8(2)17-4-3-15-11(12(17)19)18-7-16-9(5-13)10(18)6-14/h3-4,7-8H,1-2H3. The molecular weight excluding hydrogens is 244 g/mol. The topological polar surface area (TPSA) is 100 Å². The van der Waals surface area contributed by atoms with Gasteiger partial charge in [0.2, 0.25) is 5.82 Å². The van der Waals surface area contributed by atoms with Crippen LogP contribution in [-0.4, -0.2) is 19.1 Å². The second-order valence-corrected chi connectivity index (χ2v) is 4.09. The summed E-state index contributed by atoms with van der Waals surface area (Å²) in [5.41, 5.74) is -0.354. The molecule has 0 N–H and O–H groups in total. The molecule has 7 heteroatoms. The molecule has 0 saturated carbocycles. The highest BCUT2D eigenvalue weighted by Crippen LogP contribution is 2.09. The van der Waals surface area contributed by atoms with E-state index in [1.807, 2.05) is 19.9 Å². The smallest absolute Gasteiger partial charge is 0.294 e. The largest absolute Gasteiger partial charge is 0.308 e. The summed E-state index contributed by atoms with van der Waals surface area (Å²) in [7, 11) is 0. The van der Waals surface area contributed by atoms with Crippen LogP contribution in [0.4, 0.5) is 0 Å². The summed E-state index contributed by atoms with van der Waals surface area (Å²) in [5, 5.41) is 17.9. The third kappa shape index (κ3) is 1.98. The van der Waals surface area contributed by atoms with E-state index in [1.165, 1.54) is 21.7 Å². The van der Waals surface area contributed by atoms with Gasteiger partial charge in [-0.2, -0.15) is 10.5 Å². The van der Waals surface area contributed by atoms with Crippen LogP contribution in [0.5, 0.6) is 0 Å². The van der Waals surface area contributed by atoms with Crippen molar-refractivity contribution in [2.75, 3.05) is 0 Å². The Morgan fingerprint density at radius 1 is 1.26 bits per heavy atom. The molecule has 0 atom stereocenters. The minimum absolute atomic E-state index is 0.00797. The molecule has 19 heavy (non-hydrogen) atoms. The van der Waals surface area contributed by atoms with Gasteiger partial charge in [0.05, 0.1) is 0 Å². The highest BCUT2D eigenvalue weighted by atomic mass is 16.1. The van der Waals surface area contributed by atoms with Crippen molar-refractivity contribution in [3.8, 4) is 18.0 Å². The van der Waals surface area contributed by atoms with Crippen LogP contribution in [0, 0.1) is 22.7 Å². The molecule has 2 heterocycles. The van der Waals surface area contributed by atoms with Crippen molar-refractivity contribution >= 4 is 0 Å².